The molecule has 0 spiro atoms. The highest BCUT2D eigenvalue weighted by Crippen LogP contribution is 2.31. The Labute approximate surface area is 104 Å². The Balaban J connectivity index is 2.00. The molecule has 1 N–H and O–H groups in total. The zero-order valence-corrected chi connectivity index (χ0v) is 10.9. The van der Waals surface area contributed by atoms with Gasteiger partial charge >= 0.3 is 0 Å². The third kappa shape index (κ3) is 2.89. The van der Waals surface area contributed by atoms with E-state index in [0.29, 0.717) is 24.0 Å². The molecule has 1 atom stereocenters. The Hall–Kier alpha value is -0.830. The molecule has 1 heterocycles. The number of hydrogen-bond donors (Lipinski definition) is 1. The minimum Gasteiger partial charge on any atom is -0.475 e. The zero-order chi connectivity index (χ0) is 12.5. The van der Waals surface area contributed by atoms with Crippen molar-refractivity contribution in [1.29, 1.82) is 0 Å². The molecule has 0 aromatic carbocycles. The lowest BCUT2D eigenvalue weighted by atomic mass is 9.83. The van der Waals surface area contributed by atoms with Crippen molar-refractivity contribution in [2.75, 3.05) is 6.61 Å². The fraction of sp³-hybridized carbons (Fsp3) is 0.786. The van der Waals surface area contributed by atoms with E-state index < -0.39 is 6.10 Å². The Morgan fingerprint density at radius 3 is 2.59 bits per heavy atom. The number of aliphatic hydroxyl groups excluding tert-OH is 1. The van der Waals surface area contributed by atoms with Crippen molar-refractivity contribution >= 4 is 5.90 Å². The molecule has 0 aromatic rings. The molecule has 17 heavy (non-hydrogen) atoms. The monoisotopic (exact) mass is 237 g/mol. The van der Waals surface area contributed by atoms with Crippen molar-refractivity contribution in [2.24, 2.45) is 10.9 Å². The lowest BCUT2D eigenvalue weighted by Gasteiger charge is -2.27. The van der Waals surface area contributed by atoms with Crippen LogP contribution in [0.2, 0.25) is 0 Å². The van der Waals surface area contributed by atoms with Gasteiger partial charge in [0.1, 0.15) is 6.61 Å². The van der Waals surface area contributed by atoms with Crippen LogP contribution in [-0.2, 0) is 4.74 Å². The minimum atomic E-state index is -0.483. The van der Waals surface area contributed by atoms with Crippen LogP contribution in [0.4, 0.5) is 0 Å². The Kier molecular flexibility index (Phi) is 3.57. The molecule has 2 rings (SSSR count). The maximum absolute atomic E-state index is 10.3. The van der Waals surface area contributed by atoms with Crippen LogP contribution in [0.25, 0.3) is 0 Å². The quantitative estimate of drug-likeness (QED) is 0.820. The van der Waals surface area contributed by atoms with E-state index in [0.717, 1.165) is 12.8 Å². The van der Waals surface area contributed by atoms with Gasteiger partial charge in [-0.2, -0.15) is 0 Å². The predicted molar refractivity (Wildman–Crippen MR) is 69.2 cm³/mol. The molecule has 2 aliphatic rings. The molecule has 1 aliphatic heterocycles. The molecule has 1 fully saturated rings. The molecule has 0 amide bonds. The first-order chi connectivity index (χ1) is 7.99. The number of rotatable bonds is 3. The maximum Gasteiger partial charge on any atom is 0.214 e. The van der Waals surface area contributed by atoms with Gasteiger partial charge in [0.2, 0.25) is 5.90 Å². The van der Waals surface area contributed by atoms with Gasteiger partial charge in [0, 0.05) is 5.57 Å². The predicted octanol–water partition coefficient (Wildman–Crippen LogP) is 2.69. The lowest BCUT2D eigenvalue weighted by Crippen LogP contribution is -2.28. The smallest absolute Gasteiger partial charge is 0.214 e. The van der Waals surface area contributed by atoms with E-state index in [1.54, 1.807) is 0 Å². The molecule has 1 saturated carbocycles. The van der Waals surface area contributed by atoms with E-state index in [1.165, 1.54) is 19.3 Å². The van der Waals surface area contributed by atoms with Crippen molar-refractivity contribution < 1.29 is 9.84 Å². The van der Waals surface area contributed by atoms with Gasteiger partial charge in [0.25, 0.3) is 0 Å². The van der Waals surface area contributed by atoms with E-state index in [-0.39, 0.29) is 5.54 Å². The van der Waals surface area contributed by atoms with Crippen molar-refractivity contribution in [3.8, 4) is 0 Å². The van der Waals surface area contributed by atoms with Crippen molar-refractivity contribution in [3.63, 3.8) is 0 Å². The summed E-state index contributed by atoms with van der Waals surface area (Å²) in [5, 5.41) is 10.3. The third-order valence-electron chi connectivity index (χ3n) is 3.69. The molecule has 0 bridgehead atoms. The van der Waals surface area contributed by atoms with Crippen molar-refractivity contribution in [3.05, 3.63) is 12.2 Å². The Morgan fingerprint density at radius 2 is 2.06 bits per heavy atom. The highest BCUT2D eigenvalue weighted by molar-refractivity contribution is 5.95. The lowest BCUT2D eigenvalue weighted by molar-refractivity contribution is 0.117. The second kappa shape index (κ2) is 4.81. The fourth-order valence-corrected chi connectivity index (χ4v) is 2.61. The molecule has 3 nitrogen and oxygen atoms in total. The van der Waals surface area contributed by atoms with Crippen LogP contribution in [-0.4, -0.2) is 29.3 Å². The standard InChI is InChI=1S/C14H23NO2/c1-10(13-15-14(2,3)9-17-13)12(16)11-7-5-4-6-8-11/h11-12,16H,1,4-9H2,2-3H3. The van der Waals surface area contributed by atoms with Gasteiger partial charge in [-0.3, -0.25) is 0 Å². The molecular formula is C14H23NO2. The van der Waals surface area contributed by atoms with Gasteiger partial charge in [-0.25, -0.2) is 4.99 Å². The molecule has 0 radical (unpaired) electrons. The summed E-state index contributed by atoms with van der Waals surface area (Å²) in [5.41, 5.74) is 0.493. The van der Waals surface area contributed by atoms with Gasteiger partial charge in [-0.1, -0.05) is 25.8 Å². The summed E-state index contributed by atoms with van der Waals surface area (Å²) in [6, 6.07) is 0. The van der Waals surface area contributed by atoms with Crippen molar-refractivity contribution in [2.45, 2.75) is 57.6 Å². The number of ether oxygens (including phenoxy) is 1. The first kappa shape index (κ1) is 12.6. The maximum atomic E-state index is 10.3. The molecule has 0 aromatic heterocycles. The molecule has 0 saturated heterocycles. The third-order valence-corrected chi connectivity index (χ3v) is 3.69. The molecular weight excluding hydrogens is 214 g/mol. The highest BCUT2D eigenvalue weighted by atomic mass is 16.5. The zero-order valence-electron chi connectivity index (χ0n) is 10.9. The summed E-state index contributed by atoms with van der Waals surface area (Å²) in [6.45, 7) is 8.61. The van der Waals surface area contributed by atoms with Gasteiger partial charge in [0.05, 0.1) is 11.6 Å². The Bertz CT molecular complexity index is 327. The van der Waals surface area contributed by atoms with Crippen LogP contribution in [0.5, 0.6) is 0 Å². The van der Waals surface area contributed by atoms with E-state index in [4.69, 9.17) is 4.74 Å². The largest absolute Gasteiger partial charge is 0.475 e. The van der Waals surface area contributed by atoms with Crippen molar-refractivity contribution in [1.82, 2.24) is 0 Å². The second-order valence-electron chi connectivity index (χ2n) is 5.89. The average Bonchev–Trinajstić information content (AvgIpc) is 2.69. The number of aliphatic imine (C=N–C) groups is 1. The number of nitrogens with zero attached hydrogens (tertiary/aromatic N) is 1. The normalized spacial score (nSPS) is 26.2. The van der Waals surface area contributed by atoms with Gasteiger partial charge in [-0.05, 0) is 32.6 Å². The summed E-state index contributed by atoms with van der Waals surface area (Å²) in [5.74, 6) is 0.902. The SMILES string of the molecule is C=C(C1=NC(C)(C)CO1)C(O)C1CCCCC1. The summed E-state index contributed by atoms with van der Waals surface area (Å²) in [4.78, 5) is 4.47. The topological polar surface area (TPSA) is 41.8 Å². The van der Waals surface area contributed by atoms with Crippen LogP contribution in [0, 0.1) is 5.92 Å². The number of aliphatic hydroxyl groups is 1. The highest BCUT2D eigenvalue weighted by Gasteiger charge is 2.32. The summed E-state index contributed by atoms with van der Waals surface area (Å²) >= 11 is 0. The summed E-state index contributed by atoms with van der Waals surface area (Å²) < 4.78 is 5.53. The Morgan fingerprint density at radius 1 is 1.41 bits per heavy atom. The minimum absolute atomic E-state index is 0.176. The number of hydrogen-bond acceptors (Lipinski definition) is 3. The molecule has 1 aliphatic carbocycles. The van der Waals surface area contributed by atoms with Crippen LogP contribution < -0.4 is 0 Å². The molecule has 3 heteroatoms. The molecule has 1 unspecified atom stereocenters. The van der Waals surface area contributed by atoms with Gasteiger partial charge in [0.15, 0.2) is 0 Å². The van der Waals surface area contributed by atoms with Crippen LogP contribution in [0.15, 0.2) is 17.1 Å². The van der Waals surface area contributed by atoms with E-state index in [2.05, 4.69) is 11.6 Å². The van der Waals surface area contributed by atoms with E-state index >= 15 is 0 Å². The summed E-state index contributed by atoms with van der Waals surface area (Å²) in [6.07, 6.45) is 5.43. The fourth-order valence-electron chi connectivity index (χ4n) is 2.61. The first-order valence-corrected chi connectivity index (χ1v) is 6.59. The van der Waals surface area contributed by atoms with Gasteiger partial charge < -0.3 is 9.84 Å². The van der Waals surface area contributed by atoms with E-state index in [9.17, 15) is 5.11 Å². The van der Waals surface area contributed by atoms with Crippen LogP contribution in [0.1, 0.15) is 46.0 Å². The second-order valence-corrected chi connectivity index (χ2v) is 5.89. The van der Waals surface area contributed by atoms with E-state index in [1.807, 2.05) is 13.8 Å². The van der Waals surface area contributed by atoms with Crippen LogP contribution in [0.3, 0.4) is 0 Å². The first-order valence-electron chi connectivity index (χ1n) is 6.59. The summed E-state index contributed by atoms with van der Waals surface area (Å²) in [7, 11) is 0. The average molecular weight is 237 g/mol. The van der Waals surface area contributed by atoms with Gasteiger partial charge in [-0.15, -0.1) is 0 Å². The molecule has 96 valence electrons. The van der Waals surface area contributed by atoms with Crippen LogP contribution >= 0.6 is 0 Å².